The minimum absolute atomic E-state index is 0.0853. The zero-order valence-corrected chi connectivity index (χ0v) is 10.1. The van der Waals surface area contributed by atoms with Crippen molar-refractivity contribution in [3.8, 4) is 5.69 Å². The molecule has 0 N–H and O–H groups in total. The Morgan fingerprint density at radius 3 is 2.61 bits per heavy atom. The topological polar surface area (TPSA) is 34.9 Å². The Morgan fingerprint density at radius 1 is 1.00 bits per heavy atom. The summed E-state index contributed by atoms with van der Waals surface area (Å²) in [5.41, 5.74) is 1.48. The van der Waals surface area contributed by atoms with Gasteiger partial charge in [0.15, 0.2) is 0 Å². The fourth-order valence-electron chi connectivity index (χ4n) is 1.95. The summed E-state index contributed by atoms with van der Waals surface area (Å²) in [6.07, 6.45) is 1.59. The molecule has 4 heteroatoms. The largest absolute Gasteiger partial charge is 0.275 e. The highest BCUT2D eigenvalue weighted by molar-refractivity contribution is 6.29. The van der Waals surface area contributed by atoms with Crippen LogP contribution in [0.25, 0.3) is 16.6 Å². The van der Waals surface area contributed by atoms with Crippen LogP contribution in [0.15, 0.2) is 59.5 Å². The molecule has 2 heterocycles. The summed E-state index contributed by atoms with van der Waals surface area (Å²) in [5, 5.41) is 1.42. The van der Waals surface area contributed by atoms with E-state index in [2.05, 4.69) is 4.98 Å². The van der Waals surface area contributed by atoms with E-state index in [1.54, 1.807) is 29.0 Å². The summed E-state index contributed by atoms with van der Waals surface area (Å²) in [6.45, 7) is 0. The van der Waals surface area contributed by atoms with Gasteiger partial charge in [-0.15, -0.1) is 0 Å². The maximum absolute atomic E-state index is 12.0. The maximum Gasteiger partial charge on any atom is 0.255 e. The van der Waals surface area contributed by atoms with E-state index in [9.17, 15) is 4.79 Å². The average molecular weight is 257 g/mol. The van der Waals surface area contributed by atoms with E-state index in [1.165, 1.54) is 0 Å². The number of nitrogens with zero attached hydrogens (tertiary/aromatic N) is 2. The van der Waals surface area contributed by atoms with Crippen molar-refractivity contribution in [1.82, 2.24) is 9.55 Å². The molecule has 1 aromatic carbocycles. The van der Waals surface area contributed by atoms with Gasteiger partial charge in [0.1, 0.15) is 5.15 Å². The predicted molar refractivity (Wildman–Crippen MR) is 72.4 cm³/mol. The van der Waals surface area contributed by atoms with Gasteiger partial charge in [-0.05, 0) is 29.7 Å². The molecule has 0 fully saturated rings. The van der Waals surface area contributed by atoms with Crippen molar-refractivity contribution >= 4 is 22.5 Å². The highest BCUT2D eigenvalue weighted by atomic mass is 35.5. The lowest BCUT2D eigenvalue weighted by Crippen LogP contribution is -2.17. The Balaban J connectivity index is 2.37. The molecule has 0 spiro atoms. The SMILES string of the molecule is O=c1ccc2ccccc2n1-c1ccc(Cl)nc1. The minimum Gasteiger partial charge on any atom is -0.275 e. The summed E-state index contributed by atoms with van der Waals surface area (Å²) >= 11 is 5.76. The van der Waals surface area contributed by atoms with E-state index < -0.39 is 0 Å². The molecule has 0 aliphatic carbocycles. The fourth-order valence-corrected chi connectivity index (χ4v) is 2.06. The third-order valence-corrected chi connectivity index (χ3v) is 3.00. The molecule has 18 heavy (non-hydrogen) atoms. The molecule has 3 rings (SSSR count). The normalized spacial score (nSPS) is 10.7. The van der Waals surface area contributed by atoms with Crippen LogP contribution in [0, 0.1) is 0 Å². The van der Waals surface area contributed by atoms with Crippen LogP contribution in [-0.2, 0) is 0 Å². The van der Waals surface area contributed by atoms with Gasteiger partial charge < -0.3 is 0 Å². The maximum atomic E-state index is 12.0. The third-order valence-electron chi connectivity index (χ3n) is 2.77. The van der Waals surface area contributed by atoms with Gasteiger partial charge in [0, 0.05) is 6.07 Å². The highest BCUT2D eigenvalue weighted by Crippen LogP contribution is 2.16. The number of para-hydroxylation sites is 1. The molecule has 88 valence electrons. The molecule has 3 aromatic rings. The highest BCUT2D eigenvalue weighted by Gasteiger charge is 2.05. The smallest absolute Gasteiger partial charge is 0.255 e. The minimum atomic E-state index is -0.0853. The van der Waals surface area contributed by atoms with Crippen LogP contribution in [0.5, 0.6) is 0 Å². The summed E-state index contributed by atoms with van der Waals surface area (Å²) < 4.78 is 1.62. The van der Waals surface area contributed by atoms with Gasteiger partial charge in [-0.25, -0.2) is 4.98 Å². The number of aromatic nitrogens is 2. The molecule has 0 saturated heterocycles. The summed E-state index contributed by atoms with van der Waals surface area (Å²) in [4.78, 5) is 16.0. The van der Waals surface area contributed by atoms with Crippen LogP contribution in [0.4, 0.5) is 0 Å². The van der Waals surface area contributed by atoms with Crippen molar-refractivity contribution in [2.24, 2.45) is 0 Å². The monoisotopic (exact) mass is 256 g/mol. The van der Waals surface area contributed by atoms with Crippen LogP contribution in [0.2, 0.25) is 5.15 Å². The molecule has 0 aliphatic heterocycles. The summed E-state index contributed by atoms with van der Waals surface area (Å²) in [7, 11) is 0. The number of hydrogen-bond acceptors (Lipinski definition) is 2. The van der Waals surface area contributed by atoms with Gasteiger partial charge in [0.25, 0.3) is 5.56 Å². The number of pyridine rings is 2. The van der Waals surface area contributed by atoms with E-state index >= 15 is 0 Å². The van der Waals surface area contributed by atoms with Gasteiger partial charge in [-0.2, -0.15) is 0 Å². The lowest BCUT2D eigenvalue weighted by Gasteiger charge is -2.09. The molecule has 2 aromatic heterocycles. The van der Waals surface area contributed by atoms with Gasteiger partial charge >= 0.3 is 0 Å². The quantitative estimate of drug-likeness (QED) is 0.627. The van der Waals surface area contributed by atoms with Crippen LogP contribution in [0.3, 0.4) is 0 Å². The first-order chi connectivity index (χ1) is 8.75. The zero-order chi connectivity index (χ0) is 12.5. The molecule has 3 nitrogen and oxygen atoms in total. The van der Waals surface area contributed by atoms with Crippen molar-refractivity contribution in [2.45, 2.75) is 0 Å². The van der Waals surface area contributed by atoms with E-state index in [1.807, 2.05) is 30.3 Å². The molecular formula is C14H9ClN2O. The number of halogens is 1. The summed E-state index contributed by atoms with van der Waals surface area (Å²) in [5.74, 6) is 0. The molecule has 0 radical (unpaired) electrons. The Bertz CT molecular complexity index is 763. The second-order valence-corrected chi connectivity index (χ2v) is 4.29. The number of benzene rings is 1. The first kappa shape index (κ1) is 11.0. The van der Waals surface area contributed by atoms with Crippen LogP contribution < -0.4 is 5.56 Å². The van der Waals surface area contributed by atoms with Crippen LogP contribution in [0.1, 0.15) is 0 Å². The number of rotatable bonds is 1. The van der Waals surface area contributed by atoms with E-state index in [4.69, 9.17) is 11.6 Å². The summed E-state index contributed by atoms with van der Waals surface area (Å²) in [6, 6.07) is 14.5. The first-order valence-electron chi connectivity index (χ1n) is 5.48. The molecule has 0 amide bonds. The lowest BCUT2D eigenvalue weighted by molar-refractivity contribution is 1.03. The first-order valence-corrected chi connectivity index (χ1v) is 5.86. The molecule has 0 bridgehead atoms. The Hall–Kier alpha value is -2.13. The van der Waals surface area contributed by atoms with Crippen molar-refractivity contribution in [1.29, 1.82) is 0 Å². The van der Waals surface area contributed by atoms with Crippen molar-refractivity contribution < 1.29 is 0 Å². The number of fused-ring (bicyclic) bond motifs is 1. The van der Waals surface area contributed by atoms with Crippen LogP contribution >= 0.6 is 11.6 Å². The van der Waals surface area contributed by atoms with Gasteiger partial charge in [0.2, 0.25) is 0 Å². The predicted octanol–water partition coefficient (Wildman–Crippen LogP) is 3.04. The second-order valence-electron chi connectivity index (χ2n) is 3.90. The van der Waals surface area contributed by atoms with Crippen LogP contribution in [-0.4, -0.2) is 9.55 Å². The standard InChI is InChI=1S/C14H9ClN2O/c15-13-7-6-11(9-16-13)17-12-4-2-1-3-10(12)5-8-14(17)18/h1-9H. The average Bonchev–Trinajstić information content (AvgIpc) is 2.40. The van der Waals surface area contributed by atoms with Gasteiger partial charge in [-0.3, -0.25) is 9.36 Å². The number of hydrogen-bond donors (Lipinski definition) is 0. The molecule has 0 aliphatic rings. The molecule has 0 saturated carbocycles. The van der Waals surface area contributed by atoms with Crippen molar-refractivity contribution in [3.05, 3.63) is 70.2 Å². The van der Waals surface area contributed by atoms with Crippen molar-refractivity contribution in [3.63, 3.8) is 0 Å². The van der Waals surface area contributed by atoms with Gasteiger partial charge in [0.05, 0.1) is 17.4 Å². The Kier molecular flexibility index (Phi) is 2.61. The van der Waals surface area contributed by atoms with Gasteiger partial charge in [-0.1, -0.05) is 29.8 Å². The molecule has 0 unspecified atom stereocenters. The fraction of sp³-hybridized carbons (Fsp3) is 0. The Labute approximate surface area is 108 Å². The van der Waals surface area contributed by atoms with E-state index in [-0.39, 0.29) is 5.56 Å². The molecule has 0 atom stereocenters. The lowest BCUT2D eigenvalue weighted by atomic mass is 10.2. The molecular weight excluding hydrogens is 248 g/mol. The zero-order valence-electron chi connectivity index (χ0n) is 9.38. The van der Waals surface area contributed by atoms with E-state index in [0.29, 0.717) is 10.8 Å². The third kappa shape index (κ3) is 1.79. The second kappa shape index (κ2) is 4.27. The van der Waals surface area contributed by atoms with E-state index in [0.717, 1.165) is 10.9 Å². The van der Waals surface area contributed by atoms with Crippen molar-refractivity contribution in [2.75, 3.05) is 0 Å². The Morgan fingerprint density at radius 2 is 1.83 bits per heavy atom.